The zero-order valence-corrected chi connectivity index (χ0v) is 8.42. The molecule has 0 amide bonds. The summed E-state index contributed by atoms with van der Waals surface area (Å²) in [4.78, 5) is 2.50. The molecule has 0 bridgehead atoms. The van der Waals surface area contributed by atoms with Gasteiger partial charge in [0.05, 0.1) is 12.6 Å². The average Bonchev–Trinajstić information content (AvgIpc) is 2.08. The molecule has 0 aromatic rings. The van der Waals surface area contributed by atoms with Crippen LogP contribution in [0.2, 0.25) is 0 Å². The Bertz CT molecular complexity index is 213. The Morgan fingerprint density at radius 2 is 2.46 bits per heavy atom. The van der Waals surface area contributed by atoms with Crippen LogP contribution in [0.15, 0.2) is 11.6 Å². The lowest BCUT2D eigenvalue weighted by atomic mass is 10.1. The van der Waals surface area contributed by atoms with Gasteiger partial charge in [-0.1, -0.05) is 11.6 Å². The number of likely N-dealkylation sites (N-methyl/N-ethyl adjacent to an activating group) is 1. The quantitative estimate of drug-likeness (QED) is 0.632. The third-order valence-electron chi connectivity index (χ3n) is 3.02. The summed E-state index contributed by atoms with van der Waals surface area (Å²) in [5, 5.41) is 3.18. The van der Waals surface area contributed by atoms with Crippen LogP contribution in [0.4, 0.5) is 0 Å². The van der Waals surface area contributed by atoms with Gasteiger partial charge in [0.15, 0.2) is 0 Å². The van der Waals surface area contributed by atoms with Gasteiger partial charge >= 0.3 is 0 Å². The molecule has 2 aliphatic rings. The van der Waals surface area contributed by atoms with Crippen molar-refractivity contribution >= 4 is 0 Å². The summed E-state index contributed by atoms with van der Waals surface area (Å²) in [6, 6.07) is 0.592. The Morgan fingerprint density at radius 1 is 1.62 bits per heavy atom. The molecule has 2 heterocycles. The van der Waals surface area contributed by atoms with Gasteiger partial charge in [-0.25, -0.2) is 0 Å². The molecule has 1 saturated heterocycles. The van der Waals surface area contributed by atoms with E-state index in [-0.39, 0.29) is 6.23 Å². The second-order valence-corrected chi connectivity index (χ2v) is 3.91. The maximum Gasteiger partial charge on any atom is 0.125 e. The highest BCUT2D eigenvalue weighted by molar-refractivity contribution is 5.05. The van der Waals surface area contributed by atoms with Crippen LogP contribution in [0.5, 0.6) is 0 Å². The van der Waals surface area contributed by atoms with Crippen molar-refractivity contribution in [2.75, 3.05) is 26.7 Å². The summed E-state index contributed by atoms with van der Waals surface area (Å²) in [6.45, 7) is 5.38. The maximum absolute atomic E-state index is 5.40. The topological polar surface area (TPSA) is 24.5 Å². The third-order valence-corrected chi connectivity index (χ3v) is 3.02. The summed E-state index contributed by atoms with van der Waals surface area (Å²) < 4.78 is 5.40. The van der Waals surface area contributed by atoms with E-state index in [1.807, 2.05) is 7.05 Å². The molecule has 0 aromatic heterocycles. The van der Waals surface area contributed by atoms with Crippen molar-refractivity contribution in [1.82, 2.24) is 10.2 Å². The molecule has 1 fully saturated rings. The maximum atomic E-state index is 5.40. The number of ether oxygens (including phenoxy) is 1. The smallest absolute Gasteiger partial charge is 0.125 e. The van der Waals surface area contributed by atoms with Gasteiger partial charge in [0.25, 0.3) is 0 Å². The van der Waals surface area contributed by atoms with Crippen LogP contribution in [-0.4, -0.2) is 43.9 Å². The minimum Gasteiger partial charge on any atom is -0.360 e. The molecule has 13 heavy (non-hydrogen) atoms. The summed E-state index contributed by atoms with van der Waals surface area (Å²) in [7, 11) is 1.96. The average molecular weight is 182 g/mol. The first kappa shape index (κ1) is 9.19. The molecule has 2 atom stereocenters. The number of rotatable bonds is 2. The van der Waals surface area contributed by atoms with E-state index in [2.05, 4.69) is 23.2 Å². The third kappa shape index (κ3) is 1.77. The minimum atomic E-state index is 0.256. The highest BCUT2D eigenvalue weighted by Crippen LogP contribution is 2.20. The van der Waals surface area contributed by atoms with Crippen LogP contribution in [0.25, 0.3) is 0 Å². The molecule has 0 aromatic carbocycles. The molecule has 2 aliphatic heterocycles. The highest BCUT2D eigenvalue weighted by Gasteiger charge is 2.35. The molecule has 0 radical (unpaired) electrons. The Balaban J connectivity index is 1.88. The van der Waals surface area contributed by atoms with Gasteiger partial charge in [-0.05, 0) is 20.4 Å². The first-order valence-corrected chi connectivity index (χ1v) is 5.00. The second kappa shape index (κ2) is 3.78. The van der Waals surface area contributed by atoms with Gasteiger partial charge in [-0.15, -0.1) is 0 Å². The van der Waals surface area contributed by atoms with E-state index in [0.29, 0.717) is 6.04 Å². The predicted molar refractivity (Wildman–Crippen MR) is 52.5 cm³/mol. The zero-order chi connectivity index (χ0) is 9.26. The monoisotopic (exact) mass is 182 g/mol. The van der Waals surface area contributed by atoms with E-state index in [9.17, 15) is 0 Å². The van der Waals surface area contributed by atoms with Crippen LogP contribution in [0.3, 0.4) is 0 Å². The second-order valence-electron chi connectivity index (χ2n) is 3.91. The lowest BCUT2D eigenvalue weighted by Gasteiger charge is -2.44. The Morgan fingerprint density at radius 3 is 2.92 bits per heavy atom. The normalized spacial score (nSPS) is 35.4. The molecule has 74 valence electrons. The largest absolute Gasteiger partial charge is 0.360 e. The molecule has 1 N–H and O–H groups in total. The molecule has 0 spiro atoms. The van der Waals surface area contributed by atoms with Crippen molar-refractivity contribution in [3.05, 3.63) is 11.6 Å². The Kier molecular flexibility index (Phi) is 2.67. The van der Waals surface area contributed by atoms with E-state index < -0.39 is 0 Å². The van der Waals surface area contributed by atoms with Gasteiger partial charge in [0.1, 0.15) is 6.23 Å². The van der Waals surface area contributed by atoms with Crippen LogP contribution in [0, 0.1) is 0 Å². The van der Waals surface area contributed by atoms with Gasteiger partial charge in [-0.2, -0.15) is 0 Å². The van der Waals surface area contributed by atoms with Gasteiger partial charge in [0.2, 0.25) is 0 Å². The Hall–Kier alpha value is -0.380. The number of nitrogens with zero attached hydrogens (tertiary/aromatic N) is 1. The predicted octanol–water partition coefficient (Wildman–Crippen LogP) is 0.583. The molecular weight excluding hydrogens is 164 g/mol. The highest BCUT2D eigenvalue weighted by atomic mass is 16.5. The summed E-state index contributed by atoms with van der Waals surface area (Å²) >= 11 is 0. The van der Waals surface area contributed by atoms with E-state index in [1.54, 1.807) is 0 Å². The standard InChI is InChI=1S/C10H18N2O/c1-8-3-5-12(6-4-8)9-7-13-10(9)11-2/h3,9-11H,4-7H2,1-2H3. The van der Waals surface area contributed by atoms with Crippen molar-refractivity contribution in [1.29, 1.82) is 0 Å². The van der Waals surface area contributed by atoms with E-state index in [1.165, 1.54) is 18.5 Å². The minimum absolute atomic E-state index is 0.256. The fourth-order valence-corrected chi connectivity index (χ4v) is 1.94. The fraction of sp³-hybridized carbons (Fsp3) is 0.800. The number of hydrogen-bond donors (Lipinski definition) is 1. The van der Waals surface area contributed by atoms with Crippen molar-refractivity contribution in [3.63, 3.8) is 0 Å². The van der Waals surface area contributed by atoms with Crippen LogP contribution in [-0.2, 0) is 4.74 Å². The lowest BCUT2D eigenvalue weighted by Crippen LogP contribution is -2.61. The van der Waals surface area contributed by atoms with E-state index >= 15 is 0 Å². The van der Waals surface area contributed by atoms with Crippen molar-refractivity contribution in [3.8, 4) is 0 Å². The van der Waals surface area contributed by atoms with Crippen LogP contribution in [0.1, 0.15) is 13.3 Å². The van der Waals surface area contributed by atoms with Crippen molar-refractivity contribution in [2.45, 2.75) is 25.6 Å². The van der Waals surface area contributed by atoms with Crippen LogP contribution >= 0.6 is 0 Å². The van der Waals surface area contributed by atoms with E-state index in [0.717, 1.165) is 13.2 Å². The first-order chi connectivity index (χ1) is 6.31. The number of hydrogen-bond acceptors (Lipinski definition) is 3. The van der Waals surface area contributed by atoms with Gasteiger partial charge in [-0.3, -0.25) is 10.2 Å². The van der Waals surface area contributed by atoms with E-state index in [4.69, 9.17) is 4.74 Å². The Labute approximate surface area is 79.7 Å². The van der Waals surface area contributed by atoms with Crippen molar-refractivity contribution < 1.29 is 4.74 Å². The van der Waals surface area contributed by atoms with Gasteiger partial charge in [0, 0.05) is 13.1 Å². The van der Waals surface area contributed by atoms with Gasteiger partial charge < -0.3 is 4.74 Å². The molecule has 2 unspecified atom stereocenters. The van der Waals surface area contributed by atoms with Crippen molar-refractivity contribution in [2.24, 2.45) is 0 Å². The molecular formula is C10H18N2O. The summed E-state index contributed by atoms with van der Waals surface area (Å²) in [6.07, 6.45) is 3.80. The van der Waals surface area contributed by atoms with Crippen LogP contribution < -0.4 is 5.32 Å². The molecule has 2 rings (SSSR count). The summed E-state index contributed by atoms with van der Waals surface area (Å²) in [5.41, 5.74) is 1.53. The molecule has 0 saturated carbocycles. The number of nitrogens with one attached hydrogen (secondary N) is 1. The molecule has 3 nitrogen and oxygen atoms in total. The fourth-order valence-electron chi connectivity index (χ4n) is 1.94. The SMILES string of the molecule is CNC1OCC1N1CC=C(C)CC1. The summed E-state index contributed by atoms with van der Waals surface area (Å²) in [5.74, 6) is 0. The zero-order valence-electron chi connectivity index (χ0n) is 8.42. The first-order valence-electron chi connectivity index (χ1n) is 5.00. The molecule has 3 heteroatoms. The molecule has 0 aliphatic carbocycles. The lowest BCUT2D eigenvalue weighted by molar-refractivity contribution is -0.144.